The van der Waals surface area contributed by atoms with Crippen LogP contribution in [-0.2, 0) is 16.0 Å². The third-order valence-electron chi connectivity index (χ3n) is 4.05. The number of carbonyl (C=O) groups excluding carboxylic acids is 1. The van der Waals surface area contributed by atoms with Gasteiger partial charge >= 0.3 is 0 Å². The Bertz CT molecular complexity index is 527. The zero-order valence-corrected chi connectivity index (χ0v) is 15.1. The minimum absolute atomic E-state index is 0. The van der Waals surface area contributed by atoms with Crippen molar-refractivity contribution in [1.29, 1.82) is 0 Å². The van der Waals surface area contributed by atoms with Gasteiger partial charge in [0.25, 0.3) is 0 Å². The Hall–Kier alpha value is -1.50. The van der Waals surface area contributed by atoms with Crippen molar-refractivity contribution in [3.8, 4) is 11.5 Å². The highest BCUT2D eigenvalue weighted by Crippen LogP contribution is 2.27. The molecule has 2 atom stereocenters. The highest BCUT2D eigenvalue weighted by Gasteiger charge is 2.29. The fourth-order valence-electron chi connectivity index (χ4n) is 2.73. The van der Waals surface area contributed by atoms with Gasteiger partial charge in [0.15, 0.2) is 11.5 Å². The lowest BCUT2D eigenvalue weighted by Gasteiger charge is -2.13. The highest BCUT2D eigenvalue weighted by atomic mass is 35.5. The third kappa shape index (κ3) is 5.54. The Morgan fingerprint density at radius 1 is 1.29 bits per heavy atom. The lowest BCUT2D eigenvalue weighted by atomic mass is 10.1. The first-order chi connectivity index (χ1) is 11.2. The van der Waals surface area contributed by atoms with E-state index < -0.39 is 0 Å². The van der Waals surface area contributed by atoms with E-state index in [2.05, 4.69) is 5.32 Å². The van der Waals surface area contributed by atoms with Crippen LogP contribution in [-0.4, -0.2) is 45.4 Å². The predicted molar refractivity (Wildman–Crippen MR) is 95.1 cm³/mol. The van der Waals surface area contributed by atoms with Crippen molar-refractivity contribution >= 4 is 18.3 Å². The summed E-state index contributed by atoms with van der Waals surface area (Å²) in [7, 11) is 3.24. The van der Waals surface area contributed by atoms with Crippen LogP contribution >= 0.6 is 12.4 Å². The molecule has 0 saturated carbocycles. The van der Waals surface area contributed by atoms with Crippen LogP contribution in [0.4, 0.5) is 0 Å². The van der Waals surface area contributed by atoms with Crippen molar-refractivity contribution in [3.05, 3.63) is 23.8 Å². The number of nitrogens with two attached hydrogens (primary N) is 1. The SMILES string of the molecule is COc1ccc(CCCNC(=O)[C@@H]2CC[C@H](CN)O2)cc1OC.Cl. The van der Waals surface area contributed by atoms with E-state index in [0.29, 0.717) is 13.1 Å². The first-order valence-electron chi connectivity index (χ1n) is 8.02. The molecule has 0 aliphatic carbocycles. The Morgan fingerprint density at radius 3 is 2.67 bits per heavy atom. The molecular formula is C17H27ClN2O4. The van der Waals surface area contributed by atoms with E-state index in [4.69, 9.17) is 19.9 Å². The van der Waals surface area contributed by atoms with E-state index in [0.717, 1.165) is 42.7 Å². The first kappa shape index (κ1) is 20.5. The minimum Gasteiger partial charge on any atom is -0.493 e. The standard InChI is InChI=1S/C17H26N2O4.ClH/c1-21-14-7-5-12(10-16(14)22-2)4-3-9-19-17(20)15-8-6-13(11-18)23-15;/h5,7,10,13,15H,3-4,6,8-9,11,18H2,1-2H3,(H,19,20);1H/t13-,15+;/m1./s1. The van der Waals surface area contributed by atoms with Crippen LogP contribution in [0.2, 0.25) is 0 Å². The molecule has 6 nitrogen and oxygen atoms in total. The summed E-state index contributed by atoms with van der Waals surface area (Å²) in [5.74, 6) is 1.41. The highest BCUT2D eigenvalue weighted by molar-refractivity contribution is 5.85. The summed E-state index contributed by atoms with van der Waals surface area (Å²) < 4.78 is 16.1. The Balaban J connectivity index is 0.00000288. The molecule has 0 spiro atoms. The molecule has 0 aromatic heterocycles. The molecule has 1 amide bonds. The van der Waals surface area contributed by atoms with Crippen molar-refractivity contribution in [2.45, 2.75) is 37.9 Å². The van der Waals surface area contributed by atoms with Gasteiger partial charge in [0.05, 0.1) is 20.3 Å². The molecule has 1 aliphatic rings. The van der Waals surface area contributed by atoms with Gasteiger partial charge in [0, 0.05) is 13.1 Å². The van der Waals surface area contributed by atoms with Crippen LogP contribution in [0.15, 0.2) is 18.2 Å². The maximum Gasteiger partial charge on any atom is 0.249 e. The van der Waals surface area contributed by atoms with Gasteiger partial charge in [-0.25, -0.2) is 0 Å². The molecule has 1 aromatic rings. The monoisotopic (exact) mass is 358 g/mol. The number of benzene rings is 1. The number of hydrogen-bond donors (Lipinski definition) is 2. The number of aryl methyl sites for hydroxylation is 1. The summed E-state index contributed by atoms with van der Waals surface area (Å²) in [6.07, 6.45) is 3.01. The molecule has 0 bridgehead atoms. The fourth-order valence-corrected chi connectivity index (χ4v) is 2.73. The molecule has 0 radical (unpaired) electrons. The Labute approximate surface area is 149 Å². The predicted octanol–water partition coefficient (Wildman–Crippen LogP) is 1.68. The summed E-state index contributed by atoms with van der Waals surface area (Å²) in [6, 6.07) is 5.87. The number of hydrogen-bond acceptors (Lipinski definition) is 5. The normalized spacial score (nSPS) is 19.5. The molecule has 1 saturated heterocycles. The van der Waals surface area contributed by atoms with Crippen molar-refractivity contribution < 1.29 is 19.0 Å². The van der Waals surface area contributed by atoms with E-state index in [1.54, 1.807) is 14.2 Å². The van der Waals surface area contributed by atoms with Gasteiger partial charge in [0.1, 0.15) is 6.10 Å². The molecule has 7 heteroatoms. The lowest BCUT2D eigenvalue weighted by Crippen LogP contribution is -2.36. The molecule has 24 heavy (non-hydrogen) atoms. The summed E-state index contributed by atoms with van der Waals surface area (Å²) in [5.41, 5.74) is 6.70. The van der Waals surface area contributed by atoms with Crippen LogP contribution in [0.1, 0.15) is 24.8 Å². The summed E-state index contributed by atoms with van der Waals surface area (Å²) in [6.45, 7) is 1.10. The van der Waals surface area contributed by atoms with E-state index in [1.807, 2.05) is 18.2 Å². The van der Waals surface area contributed by atoms with Crippen LogP contribution in [0.25, 0.3) is 0 Å². The number of ether oxygens (including phenoxy) is 3. The van der Waals surface area contributed by atoms with Gasteiger partial charge < -0.3 is 25.3 Å². The van der Waals surface area contributed by atoms with Crippen molar-refractivity contribution in [2.75, 3.05) is 27.3 Å². The molecule has 1 aliphatic heterocycles. The average molecular weight is 359 g/mol. The number of amides is 1. The second kappa shape index (κ2) is 10.4. The maximum absolute atomic E-state index is 12.0. The average Bonchev–Trinajstić information content (AvgIpc) is 3.07. The number of rotatable bonds is 8. The molecule has 1 aromatic carbocycles. The third-order valence-corrected chi connectivity index (χ3v) is 4.05. The lowest BCUT2D eigenvalue weighted by molar-refractivity contribution is -0.131. The zero-order chi connectivity index (χ0) is 16.7. The second-order valence-electron chi connectivity index (χ2n) is 5.64. The molecule has 136 valence electrons. The Kier molecular flexibility index (Phi) is 8.89. The maximum atomic E-state index is 12.0. The van der Waals surface area contributed by atoms with E-state index in [-0.39, 0.29) is 30.5 Å². The van der Waals surface area contributed by atoms with Crippen LogP contribution in [0, 0.1) is 0 Å². The molecule has 1 heterocycles. The van der Waals surface area contributed by atoms with Crippen LogP contribution < -0.4 is 20.5 Å². The summed E-state index contributed by atoms with van der Waals surface area (Å²) >= 11 is 0. The van der Waals surface area contributed by atoms with Gasteiger partial charge in [0.2, 0.25) is 5.91 Å². The topological polar surface area (TPSA) is 82.8 Å². The van der Waals surface area contributed by atoms with E-state index >= 15 is 0 Å². The number of nitrogens with one attached hydrogen (secondary N) is 1. The van der Waals surface area contributed by atoms with E-state index in [9.17, 15) is 4.79 Å². The minimum atomic E-state index is -0.343. The van der Waals surface area contributed by atoms with Gasteiger partial charge in [-0.1, -0.05) is 6.07 Å². The van der Waals surface area contributed by atoms with Crippen LogP contribution in [0.3, 0.4) is 0 Å². The van der Waals surface area contributed by atoms with Gasteiger partial charge in [-0.05, 0) is 43.4 Å². The number of halogens is 1. The quantitative estimate of drug-likeness (QED) is 0.691. The van der Waals surface area contributed by atoms with Crippen molar-refractivity contribution in [3.63, 3.8) is 0 Å². The smallest absolute Gasteiger partial charge is 0.249 e. The summed E-state index contributed by atoms with van der Waals surface area (Å²) in [5, 5.41) is 2.93. The summed E-state index contributed by atoms with van der Waals surface area (Å²) in [4.78, 5) is 12.0. The molecule has 0 unspecified atom stereocenters. The molecular weight excluding hydrogens is 332 g/mol. The van der Waals surface area contributed by atoms with Crippen molar-refractivity contribution in [1.82, 2.24) is 5.32 Å². The molecule has 1 fully saturated rings. The van der Waals surface area contributed by atoms with Gasteiger partial charge in [-0.2, -0.15) is 0 Å². The molecule has 2 rings (SSSR count). The number of methoxy groups -OCH3 is 2. The first-order valence-corrected chi connectivity index (χ1v) is 8.02. The van der Waals surface area contributed by atoms with Gasteiger partial charge in [-0.3, -0.25) is 4.79 Å². The van der Waals surface area contributed by atoms with Gasteiger partial charge in [-0.15, -0.1) is 12.4 Å². The van der Waals surface area contributed by atoms with Crippen LogP contribution in [0.5, 0.6) is 11.5 Å². The molecule has 3 N–H and O–H groups in total. The fraction of sp³-hybridized carbons (Fsp3) is 0.588. The zero-order valence-electron chi connectivity index (χ0n) is 14.2. The number of carbonyl (C=O) groups is 1. The van der Waals surface area contributed by atoms with Crippen molar-refractivity contribution in [2.24, 2.45) is 5.73 Å². The van der Waals surface area contributed by atoms with E-state index in [1.165, 1.54) is 0 Å². The largest absolute Gasteiger partial charge is 0.493 e. The Morgan fingerprint density at radius 2 is 2.04 bits per heavy atom. The second-order valence-corrected chi connectivity index (χ2v) is 5.64.